The Kier molecular flexibility index (Phi) is 24.2. The Morgan fingerprint density at radius 3 is 1.14 bits per heavy atom. The zero-order chi connectivity index (χ0) is 18.1. The van der Waals surface area contributed by atoms with E-state index >= 15 is 0 Å². The van der Waals surface area contributed by atoms with E-state index in [1.807, 2.05) is 26.0 Å². The highest BCUT2D eigenvalue weighted by molar-refractivity contribution is 7.81. The fourth-order valence-corrected chi connectivity index (χ4v) is 0.112. The molecule has 0 aromatic rings. The molecule has 0 bridgehead atoms. The Labute approximate surface area is 126 Å². The van der Waals surface area contributed by atoms with E-state index in [9.17, 15) is 16.8 Å². The first kappa shape index (κ1) is 28.7. The van der Waals surface area contributed by atoms with Crippen LogP contribution in [0.1, 0.15) is 0 Å². The number of aliphatic hydroxyl groups is 1. The van der Waals surface area contributed by atoms with Crippen LogP contribution in [0.4, 0.5) is 0 Å². The van der Waals surface area contributed by atoms with Crippen molar-refractivity contribution in [1.82, 2.24) is 10.2 Å². The molecule has 0 amide bonds. The van der Waals surface area contributed by atoms with Crippen LogP contribution < -0.4 is 5.32 Å². The molecule has 0 saturated carbocycles. The van der Waals surface area contributed by atoms with Crippen LogP contribution >= 0.6 is 0 Å². The third-order valence-corrected chi connectivity index (χ3v) is 1.63. The van der Waals surface area contributed by atoms with E-state index in [0.29, 0.717) is 6.54 Å². The topological polar surface area (TPSA) is 163 Å². The van der Waals surface area contributed by atoms with Gasteiger partial charge in [-0.15, -0.1) is 0 Å². The van der Waals surface area contributed by atoms with Crippen molar-refractivity contribution >= 4 is 20.8 Å². The van der Waals surface area contributed by atoms with Gasteiger partial charge in [0.2, 0.25) is 0 Å². The number of nitrogens with one attached hydrogen (secondary N) is 1. The molecule has 11 nitrogen and oxygen atoms in total. The van der Waals surface area contributed by atoms with Gasteiger partial charge in [-0.2, -0.15) is 16.8 Å². The largest absolute Gasteiger partial charge is 0.397 e. The maximum Gasteiger partial charge on any atom is 0.397 e. The number of hydrogen-bond acceptors (Lipinski definition) is 9. The minimum absolute atomic E-state index is 0.233. The number of likely N-dealkylation sites (N-methyl/N-ethyl adjacent to an activating group) is 1. The van der Waals surface area contributed by atoms with Crippen LogP contribution in [0.15, 0.2) is 0 Å². The van der Waals surface area contributed by atoms with Crippen molar-refractivity contribution in [1.29, 1.82) is 0 Å². The summed E-state index contributed by atoms with van der Waals surface area (Å²) < 4.78 is 59.4. The minimum Gasteiger partial charge on any atom is -0.395 e. The molecule has 0 radical (unpaired) electrons. The summed E-state index contributed by atoms with van der Waals surface area (Å²) in [6.45, 7) is 0.927. The molecule has 0 heterocycles. The summed E-state index contributed by atoms with van der Waals surface area (Å²) in [5.41, 5.74) is 0. The maximum absolute atomic E-state index is 9.33. The van der Waals surface area contributed by atoms with Crippen molar-refractivity contribution in [2.75, 3.05) is 55.6 Å². The van der Waals surface area contributed by atoms with Crippen LogP contribution in [0.3, 0.4) is 0 Å². The van der Waals surface area contributed by atoms with E-state index in [4.69, 9.17) is 14.2 Å². The maximum atomic E-state index is 9.33. The quantitative estimate of drug-likeness (QED) is 0.421. The molecule has 0 aliphatic carbocycles. The Hall–Kier alpha value is -0.380. The van der Waals surface area contributed by atoms with Gasteiger partial charge in [0.05, 0.1) is 20.8 Å². The first-order chi connectivity index (χ1) is 9.27. The normalized spacial score (nSPS) is 10.4. The molecule has 0 aliphatic rings. The second kappa shape index (κ2) is 17.7. The van der Waals surface area contributed by atoms with Gasteiger partial charge < -0.3 is 15.3 Å². The van der Waals surface area contributed by atoms with E-state index in [0.717, 1.165) is 14.2 Å². The van der Waals surface area contributed by atoms with E-state index < -0.39 is 20.8 Å². The Morgan fingerprint density at radius 2 is 1.14 bits per heavy atom. The van der Waals surface area contributed by atoms with Crippen LogP contribution in [-0.2, 0) is 29.2 Å². The molecule has 0 aromatic carbocycles. The molecule has 0 saturated heterocycles. The summed E-state index contributed by atoms with van der Waals surface area (Å²) in [6.07, 6.45) is 0. The molecule has 0 fully saturated rings. The highest BCUT2D eigenvalue weighted by Crippen LogP contribution is 1.75. The van der Waals surface area contributed by atoms with Crippen LogP contribution in [0.5, 0.6) is 0 Å². The smallest absolute Gasteiger partial charge is 0.395 e. The summed E-state index contributed by atoms with van der Waals surface area (Å²) >= 11 is 0. The molecule has 0 aliphatic heterocycles. The molecule has 0 rings (SSSR count). The van der Waals surface area contributed by atoms with Gasteiger partial charge >= 0.3 is 20.8 Å². The number of aliphatic hydroxyl groups excluding tert-OH is 1. The van der Waals surface area contributed by atoms with E-state index in [2.05, 4.69) is 13.7 Å². The molecular formula is C8H26N2O9S2. The lowest BCUT2D eigenvalue weighted by atomic mass is 10.7. The second-order valence-electron chi connectivity index (χ2n) is 3.36. The van der Waals surface area contributed by atoms with E-state index in [1.165, 1.54) is 0 Å². The summed E-state index contributed by atoms with van der Waals surface area (Å²) in [7, 11) is 1.22. The highest BCUT2D eigenvalue weighted by atomic mass is 32.3. The summed E-state index contributed by atoms with van der Waals surface area (Å²) in [4.78, 5) is 2.00. The predicted octanol–water partition coefficient (Wildman–Crippen LogP) is -1.75. The number of hydrogen-bond donors (Lipinski definition) is 4. The first-order valence-electron chi connectivity index (χ1n) is 5.19. The van der Waals surface area contributed by atoms with Crippen LogP contribution in [0.2, 0.25) is 0 Å². The average Bonchev–Trinajstić information content (AvgIpc) is 2.29. The monoisotopic (exact) mass is 358 g/mol. The van der Waals surface area contributed by atoms with Crippen molar-refractivity contribution in [3.8, 4) is 0 Å². The van der Waals surface area contributed by atoms with Gasteiger partial charge in [0.25, 0.3) is 0 Å². The summed E-state index contributed by atoms with van der Waals surface area (Å²) in [5, 5.41) is 10.8. The lowest BCUT2D eigenvalue weighted by Crippen LogP contribution is -2.10. The van der Waals surface area contributed by atoms with Gasteiger partial charge in [0.1, 0.15) is 0 Å². The molecule has 0 spiro atoms. The zero-order valence-electron chi connectivity index (χ0n) is 13.0. The standard InChI is InChI=1S/C3H9NO.C3H9N.2CH4O4S/c1-4-2-3-5;1-4(2)3;2*1-5-6(2,3)4/h4-5H,2-3H2,1H3;1-3H3;2*1H3,(H,2,3,4). The molecular weight excluding hydrogens is 332 g/mol. The molecule has 0 atom stereocenters. The average molecular weight is 358 g/mol. The Morgan fingerprint density at radius 1 is 0.952 bits per heavy atom. The van der Waals surface area contributed by atoms with Crippen molar-refractivity contribution in [2.24, 2.45) is 0 Å². The minimum atomic E-state index is -4.16. The third kappa shape index (κ3) is 105. The van der Waals surface area contributed by atoms with Crippen LogP contribution in [0.25, 0.3) is 0 Å². The van der Waals surface area contributed by atoms with Crippen molar-refractivity contribution in [2.45, 2.75) is 0 Å². The molecule has 134 valence electrons. The third-order valence-electron chi connectivity index (χ3n) is 0.783. The van der Waals surface area contributed by atoms with Gasteiger partial charge in [-0.1, -0.05) is 0 Å². The summed E-state index contributed by atoms with van der Waals surface area (Å²) in [5.74, 6) is 0. The molecule has 21 heavy (non-hydrogen) atoms. The fraction of sp³-hybridized carbons (Fsp3) is 1.00. The predicted molar refractivity (Wildman–Crippen MR) is 77.7 cm³/mol. The SMILES string of the molecule is CN(C)C.CNCCO.COS(=O)(=O)O.COS(=O)(=O)O. The highest BCUT2D eigenvalue weighted by Gasteiger charge is 1.94. The molecule has 0 aromatic heterocycles. The number of rotatable bonds is 4. The van der Waals surface area contributed by atoms with Gasteiger partial charge in [-0.05, 0) is 28.2 Å². The lowest BCUT2D eigenvalue weighted by Gasteiger charge is -1.90. The number of nitrogens with zero attached hydrogens (tertiary/aromatic N) is 1. The molecule has 4 N–H and O–H groups in total. The van der Waals surface area contributed by atoms with Crippen LogP contribution in [-0.4, -0.2) is 91.5 Å². The van der Waals surface area contributed by atoms with Gasteiger partial charge in [0.15, 0.2) is 0 Å². The summed E-state index contributed by atoms with van der Waals surface area (Å²) in [6, 6.07) is 0. The second-order valence-corrected chi connectivity index (χ2v) is 5.74. The Bertz CT molecular complexity index is 344. The molecule has 13 heteroatoms. The van der Waals surface area contributed by atoms with Crippen molar-refractivity contribution < 1.29 is 39.4 Å². The van der Waals surface area contributed by atoms with Crippen molar-refractivity contribution in [3.05, 3.63) is 0 Å². The van der Waals surface area contributed by atoms with Crippen LogP contribution in [0, 0.1) is 0 Å². The van der Waals surface area contributed by atoms with Gasteiger partial charge in [-0.3, -0.25) is 17.5 Å². The van der Waals surface area contributed by atoms with Gasteiger partial charge in [0, 0.05) is 6.54 Å². The fourth-order valence-electron chi connectivity index (χ4n) is 0.112. The van der Waals surface area contributed by atoms with E-state index in [-0.39, 0.29) is 6.61 Å². The lowest BCUT2D eigenvalue weighted by molar-refractivity contribution is 0.296. The first-order valence-corrected chi connectivity index (χ1v) is 7.92. The zero-order valence-corrected chi connectivity index (χ0v) is 14.6. The van der Waals surface area contributed by atoms with E-state index in [1.54, 1.807) is 7.05 Å². The van der Waals surface area contributed by atoms with Crippen molar-refractivity contribution in [3.63, 3.8) is 0 Å². The Balaban J connectivity index is -0.0000000929. The van der Waals surface area contributed by atoms with Gasteiger partial charge in [-0.25, -0.2) is 0 Å². The molecule has 0 unspecified atom stereocenters.